The minimum Gasteiger partial charge on any atom is -0.459 e. The van der Waals surface area contributed by atoms with Crippen LogP contribution in [0.2, 0.25) is 0 Å². The summed E-state index contributed by atoms with van der Waals surface area (Å²) in [5.74, 6) is 0.743. The standard InChI is InChI=1S/C19H24N4O3/c1-11-6-5-7-12(2)23(11)16(24)10-22-19(25)17-14(9-20-22)18-15(21(17)4)8-13(3)26-18/h8-9,11-12H,5-7,10H2,1-4H3/t11-,12+. The number of aryl methyl sites for hydroxylation is 2. The van der Waals surface area contributed by atoms with Crippen LogP contribution in [0.4, 0.5) is 0 Å². The number of aromatic nitrogens is 3. The van der Waals surface area contributed by atoms with Gasteiger partial charge in [0, 0.05) is 25.2 Å². The van der Waals surface area contributed by atoms with Crippen molar-refractivity contribution < 1.29 is 9.21 Å². The first-order valence-corrected chi connectivity index (χ1v) is 9.14. The molecule has 0 spiro atoms. The normalized spacial score (nSPS) is 21.0. The quantitative estimate of drug-likeness (QED) is 0.707. The number of carbonyl (C=O) groups excluding carboxylic acids is 1. The van der Waals surface area contributed by atoms with E-state index in [1.54, 1.807) is 6.20 Å². The number of nitrogens with zero attached hydrogens (tertiary/aromatic N) is 4. The highest BCUT2D eigenvalue weighted by Gasteiger charge is 2.29. The Kier molecular flexibility index (Phi) is 3.89. The second-order valence-electron chi connectivity index (χ2n) is 7.43. The van der Waals surface area contributed by atoms with Crippen LogP contribution in [0.25, 0.3) is 22.0 Å². The molecule has 0 N–H and O–H groups in total. The van der Waals surface area contributed by atoms with Gasteiger partial charge in [-0.2, -0.15) is 5.10 Å². The summed E-state index contributed by atoms with van der Waals surface area (Å²) in [5.41, 5.74) is 1.78. The number of hydrogen-bond acceptors (Lipinski definition) is 4. The SMILES string of the molecule is Cc1cc2c(o1)c1cnn(CC(=O)N3[C@H](C)CCC[C@@H]3C)c(=O)c1n2C. The average Bonchev–Trinajstić information content (AvgIpc) is 3.07. The predicted molar refractivity (Wildman–Crippen MR) is 99.1 cm³/mol. The van der Waals surface area contributed by atoms with Crippen LogP contribution in [-0.2, 0) is 18.4 Å². The van der Waals surface area contributed by atoms with Gasteiger partial charge in [0.2, 0.25) is 5.91 Å². The zero-order valence-electron chi connectivity index (χ0n) is 15.7. The molecule has 0 aromatic carbocycles. The first-order chi connectivity index (χ1) is 12.4. The summed E-state index contributed by atoms with van der Waals surface area (Å²) in [5, 5.41) is 4.93. The Morgan fingerprint density at radius 1 is 1.31 bits per heavy atom. The van der Waals surface area contributed by atoms with Gasteiger partial charge in [0.25, 0.3) is 5.56 Å². The van der Waals surface area contributed by atoms with E-state index in [4.69, 9.17) is 4.42 Å². The van der Waals surface area contributed by atoms with Crippen molar-refractivity contribution >= 4 is 27.9 Å². The van der Waals surface area contributed by atoms with E-state index in [0.29, 0.717) is 16.5 Å². The number of likely N-dealkylation sites (tertiary alicyclic amines) is 1. The lowest BCUT2D eigenvalue weighted by atomic mass is 9.97. The topological polar surface area (TPSA) is 73.3 Å². The molecule has 7 heteroatoms. The fraction of sp³-hybridized carbons (Fsp3) is 0.526. The summed E-state index contributed by atoms with van der Waals surface area (Å²) >= 11 is 0. The van der Waals surface area contributed by atoms with Crippen LogP contribution < -0.4 is 5.56 Å². The zero-order chi connectivity index (χ0) is 18.6. The molecular weight excluding hydrogens is 332 g/mol. The third kappa shape index (κ3) is 2.45. The maximum atomic E-state index is 13.0. The third-order valence-electron chi connectivity index (χ3n) is 5.56. The Morgan fingerprint density at radius 2 is 2.00 bits per heavy atom. The molecule has 1 aliphatic heterocycles. The Hall–Kier alpha value is -2.57. The van der Waals surface area contributed by atoms with Gasteiger partial charge < -0.3 is 13.9 Å². The molecule has 0 radical (unpaired) electrons. The maximum Gasteiger partial charge on any atom is 0.291 e. The van der Waals surface area contributed by atoms with Crippen molar-refractivity contribution in [1.29, 1.82) is 0 Å². The van der Waals surface area contributed by atoms with Gasteiger partial charge in [0.1, 0.15) is 17.8 Å². The molecule has 4 heterocycles. The molecule has 0 bridgehead atoms. The summed E-state index contributed by atoms with van der Waals surface area (Å²) in [7, 11) is 1.84. The van der Waals surface area contributed by atoms with Crippen molar-refractivity contribution in [3.05, 3.63) is 28.4 Å². The number of furan rings is 1. The average molecular weight is 356 g/mol. The first kappa shape index (κ1) is 16.9. The number of piperidine rings is 1. The Morgan fingerprint density at radius 3 is 2.69 bits per heavy atom. The van der Waals surface area contributed by atoms with E-state index < -0.39 is 0 Å². The molecule has 3 aromatic heterocycles. The van der Waals surface area contributed by atoms with Gasteiger partial charge in [-0.05, 0) is 40.0 Å². The van der Waals surface area contributed by atoms with E-state index >= 15 is 0 Å². The predicted octanol–water partition coefficient (Wildman–Crippen LogP) is 2.58. The van der Waals surface area contributed by atoms with Crippen molar-refractivity contribution in [3.8, 4) is 0 Å². The zero-order valence-corrected chi connectivity index (χ0v) is 15.7. The van der Waals surface area contributed by atoms with Crippen molar-refractivity contribution in [2.24, 2.45) is 7.05 Å². The first-order valence-electron chi connectivity index (χ1n) is 9.14. The van der Waals surface area contributed by atoms with Crippen molar-refractivity contribution in [2.75, 3.05) is 0 Å². The fourth-order valence-corrected chi connectivity index (χ4v) is 4.27. The third-order valence-corrected chi connectivity index (χ3v) is 5.56. The summed E-state index contributed by atoms with van der Waals surface area (Å²) in [6, 6.07) is 2.30. The van der Waals surface area contributed by atoms with Gasteiger partial charge in [-0.15, -0.1) is 0 Å². The summed E-state index contributed by atoms with van der Waals surface area (Å²) in [6.45, 7) is 5.98. The van der Waals surface area contributed by atoms with Crippen molar-refractivity contribution in [1.82, 2.24) is 19.2 Å². The lowest BCUT2D eigenvalue weighted by Gasteiger charge is -2.39. The van der Waals surface area contributed by atoms with Crippen LogP contribution >= 0.6 is 0 Å². The molecule has 1 amide bonds. The summed E-state index contributed by atoms with van der Waals surface area (Å²) < 4.78 is 8.80. The van der Waals surface area contributed by atoms with Gasteiger partial charge in [-0.3, -0.25) is 9.59 Å². The number of rotatable bonds is 2. The van der Waals surface area contributed by atoms with Crippen LogP contribution in [0.3, 0.4) is 0 Å². The maximum absolute atomic E-state index is 13.0. The van der Waals surface area contributed by atoms with Crippen molar-refractivity contribution in [2.45, 2.75) is 58.7 Å². The van der Waals surface area contributed by atoms with Gasteiger partial charge in [-0.25, -0.2) is 4.68 Å². The van der Waals surface area contributed by atoms with E-state index in [9.17, 15) is 9.59 Å². The molecule has 1 fully saturated rings. The Balaban J connectivity index is 1.73. The van der Waals surface area contributed by atoms with E-state index in [2.05, 4.69) is 18.9 Å². The summed E-state index contributed by atoms with van der Waals surface area (Å²) in [6.07, 6.45) is 4.77. The molecule has 1 saturated heterocycles. The molecule has 1 aliphatic rings. The minimum absolute atomic E-state index is 0.0327. The van der Waals surface area contributed by atoms with Crippen LogP contribution in [0.1, 0.15) is 38.9 Å². The lowest BCUT2D eigenvalue weighted by Crippen LogP contribution is -2.49. The van der Waals surface area contributed by atoms with Crippen molar-refractivity contribution in [3.63, 3.8) is 0 Å². The molecule has 4 rings (SSSR count). The van der Waals surface area contributed by atoms with E-state index in [1.165, 1.54) is 4.68 Å². The number of carbonyl (C=O) groups is 1. The molecule has 2 atom stereocenters. The summed E-state index contributed by atoms with van der Waals surface area (Å²) in [4.78, 5) is 27.7. The van der Waals surface area contributed by atoms with Gasteiger partial charge in [-0.1, -0.05) is 0 Å². The molecular formula is C19H24N4O3. The second kappa shape index (κ2) is 6.00. The van der Waals surface area contributed by atoms with Gasteiger partial charge in [0.05, 0.1) is 17.1 Å². The lowest BCUT2D eigenvalue weighted by molar-refractivity contribution is -0.138. The molecule has 138 valence electrons. The van der Waals surface area contributed by atoms with Crippen LogP contribution in [-0.4, -0.2) is 37.2 Å². The number of amides is 1. The van der Waals surface area contributed by atoms with Crippen LogP contribution in [0.5, 0.6) is 0 Å². The molecule has 3 aromatic rings. The van der Waals surface area contributed by atoms with E-state index in [0.717, 1.165) is 30.5 Å². The minimum atomic E-state index is -0.264. The fourth-order valence-electron chi connectivity index (χ4n) is 4.27. The smallest absolute Gasteiger partial charge is 0.291 e. The second-order valence-corrected chi connectivity index (χ2v) is 7.43. The monoisotopic (exact) mass is 356 g/mol. The molecule has 26 heavy (non-hydrogen) atoms. The molecule has 0 unspecified atom stereocenters. The van der Waals surface area contributed by atoms with E-state index in [-0.39, 0.29) is 30.1 Å². The Bertz CT molecular complexity index is 1050. The van der Waals surface area contributed by atoms with Gasteiger partial charge in [0.15, 0.2) is 5.58 Å². The molecule has 7 nitrogen and oxygen atoms in total. The number of hydrogen-bond donors (Lipinski definition) is 0. The molecule has 0 aliphatic carbocycles. The van der Waals surface area contributed by atoms with Gasteiger partial charge >= 0.3 is 0 Å². The highest BCUT2D eigenvalue weighted by atomic mass is 16.3. The highest BCUT2D eigenvalue weighted by molar-refractivity contribution is 6.04. The Labute approximate surface area is 151 Å². The highest BCUT2D eigenvalue weighted by Crippen LogP contribution is 2.28. The van der Waals surface area contributed by atoms with E-state index in [1.807, 2.05) is 29.5 Å². The van der Waals surface area contributed by atoms with Crippen LogP contribution in [0.15, 0.2) is 21.5 Å². The van der Waals surface area contributed by atoms with Crippen LogP contribution in [0, 0.1) is 6.92 Å². The molecule has 0 saturated carbocycles. The largest absolute Gasteiger partial charge is 0.459 e. The number of fused-ring (bicyclic) bond motifs is 3.